The molecule has 26 heavy (non-hydrogen) atoms. The Kier molecular flexibility index (Phi) is 3.99. The Labute approximate surface area is 160 Å². The highest BCUT2D eigenvalue weighted by atomic mass is 32.1. The molecule has 4 rings (SSSR count). The summed E-state index contributed by atoms with van der Waals surface area (Å²) < 4.78 is 5.24. The first-order chi connectivity index (χ1) is 12.4. The van der Waals surface area contributed by atoms with Gasteiger partial charge in [0.15, 0.2) is 0 Å². The average molecular weight is 383 g/mol. The van der Waals surface area contributed by atoms with Crippen LogP contribution < -0.4 is 9.98 Å². The number of hydrogen-bond acceptors (Lipinski definition) is 3. The molecule has 1 fully saturated rings. The standard InChI is InChI=1S/C20H19N3OS2/c1-12-7-17(25-10-12)15-11-26-16-6-5-13(8-14(15)16)20(2)9-18(24)23(4)19(21-3)22-20/h5-8,10-11H,3,9H2,1-2,4H3/p+1/t20-/m0/s1. The van der Waals surface area contributed by atoms with Crippen LogP contribution in [-0.4, -0.2) is 30.5 Å². The van der Waals surface area contributed by atoms with Gasteiger partial charge in [0.2, 0.25) is 0 Å². The van der Waals surface area contributed by atoms with Gasteiger partial charge in [0.25, 0.3) is 5.91 Å². The first-order valence-corrected chi connectivity index (χ1v) is 10.1. The van der Waals surface area contributed by atoms with E-state index in [1.165, 1.54) is 31.0 Å². The number of aryl methyl sites for hydroxylation is 1. The smallest absolute Gasteiger partial charge is 0.256 e. The van der Waals surface area contributed by atoms with E-state index in [1.807, 2.05) is 6.92 Å². The number of guanidine groups is 1. The maximum absolute atomic E-state index is 12.4. The van der Waals surface area contributed by atoms with Crippen LogP contribution in [0.1, 0.15) is 24.5 Å². The number of amides is 1. The van der Waals surface area contributed by atoms with Crippen molar-refractivity contribution in [3.8, 4) is 10.4 Å². The van der Waals surface area contributed by atoms with E-state index < -0.39 is 5.54 Å². The first-order valence-electron chi connectivity index (χ1n) is 8.37. The number of hydrogen-bond donors (Lipinski definition) is 1. The van der Waals surface area contributed by atoms with Crippen molar-refractivity contribution in [2.45, 2.75) is 25.8 Å². The molecule has 1 aromatic carbocycles. The summed E-state index contributed by atoms with van der Waals surface area (Å²) in [5.74, 6) is 0.538. The van der Waals surface area contributed by atoms with Gasteiger partial charge in [-0.15, -0.1) is 22.7 Å². The Morgan fingerprint density at radius 1 is 1.27 bits per heavy atom. The number of nitrogens with one attached hydrogen (secondary N) is 1. The zero-order chi connectivity index (χ0) is 18.5. The molecule has 1 saturated heterocycles. The van der Waals surface area contributed by atoms with Gasteiger partial charge in [-0.25, -0.2) is 0 Å². The second-order valence-corrected chi connectivity index (χ2v) is 8.74. The van der Waals surface area contributed by atoms with Gasteiger partial charge in [0.05, 0.1) is 13.5 Å². The lowest BCUT2D eigenvalue weighted by molar-refractivity contribution is -0.129. The number of carbonyl (C=O) groups excluding carboxylic acids is 1. The Morgan fingerprint density at radius 2 is 2.08 bits per heavy atom. The number of nitrogens with zero attached hydrogens (tertiary/aromatic N) is 2. The van der Waals surface area contributed by atoms with Crippen LogP contribution in [-0.2, 0) is 10.3 Å². The minimum Gasteiger partial charge on any atom is -0.256 e. The van der Waals surface area contributed by atoms with Crippen molar-refractivity contribution < 1.29 is 4.79 Å². The van der Waals surface area contributed by atoms with Crippen molar-refractivity contribution in [2.24, 2.45) is 0 Å². The van der Waals surface area contributed by atoms with Crippen molar-refractivity contribution in [2.75, 3.05) is 7.05 Å². The van der Waals surface area contributed by atoms with Crippen LogP contribution >= 0.6 is 22.7 Å². The molecule has 1 aliphatic rings. The Hall–Kier alpha value is -2.40. The SMILES string of the molecule is C=[N+]=C1N[C@](C)(c2ccc3scc(-c4cc(C)cs4)c3c2)CC(=O)N1C. The van der Waals surface area contributed by atoms with Gasteiger partial charge < -0.3 is 0 Å². The van der Waals surface area contributed by atoms with Crippen LogP contribution in [0, 0.1) is 6.92 Å². The van der Waals surface area contributed by atoms with Crippen molar-refractivity contribution in [3.63, 3.8) is 0 Å². The van der Waals surface area contributed by atoms with Gasteiger partial charge >= 0.3 is 5.96 Å². The molecule has 3 heterocycles. The minimum absolute atomic E-state index is 0.0353. The molecule has 3 aromatic rings. The third kappa shape index (κ3) is 2.67. The molecule has 0 aliphatic carbocycles. The average Bonchev–Trinajstić information content (AvgIpc) is 3.23. The van der Waals surface area contributed by atoms with E-state index in [0.717, 1.165) is 5.56 Å². The molecule has 0 spiro atoms. The number of carbonyl (C=O) groups is 1. The highest BCUT2D eigenvalue weighted by Gasteiger charge is 2.45. The second-order valence-electron chi connectivity index (χ2n) is 6.92. The number of benzene rings is 1. The molecule has 0 saturated carbocycles. The van der Waals surface area contributed by atoms with E-state index in [1.54, 1.807) is 29.7 Å². The van der Waals surface area contributed by atoms with Gasteiger partial charge in [0, 0.05) is 25.9 Å². The molecule has 1 N–H and O–H groups in total. The molecular formula is C20H20N3OS2+. The van der Waals surface area contributed by atoms with Crippen LogP contribution in [0.4, 0.5) is 0 Å². The highest BCUT2D eigenvalue weighted by molar-refractivity contribution is 7.19. The van der Waals surface area contributed by atoms with Gasteiger partial charge in [0.1, 0.15) is 12.3 Å². The predicted octanol–water partition coefficient (Wildman–Crippen LogP) is 3.73. The Morgan fingerprint density at radius 3 is 2.77 bits per heavy atom. The summed E-state index contributed by atoms with van der Waals surface area (Å²) >= 11 is 3.53. The number of fused-ring (bicyclic) bond motifs is 1. The second kappa shape index (κ2) is 6.09. The maximum Gasteiger partial charge on any atom is 0.448 e. The maximum atomic E-state index is 12.4. The number of thiophene rings is 2. The van der Waals surface area contributed by atoms with Crippen LogP contribution in [0.2, 0.25) is 0 Å². The molecule has 0 bridgehead atoms. The van der Waals surface area contributed by atoms with Crippen LogP contribution in [0.15, 0.2) is 35.0 Å². The number of rotatable bonds is 2. The summed E-state index contributed by atoms with van der Waals surface area (Å²) in [5, 5.41) is 9.03. The van der Waals surface area contributed by atoms with Gasteiger partial charge in [-0.1, -0.05) is 6.07 Å². The fraction of sp³-hybridized carbons (Fsp3) is 0.250. The molecule has 0 radical (unpaired) electrons. The predicted molar refractivity (Wildman–Crippen MR) is 112 cm³/mol. The molecule has 132 valence electrons. The van der Waals surface area contributed by atoms with Gasteiger partial charge in [-0.2, -0.15) is 4.90 Å². The lowest BCUT2D eigenvalue weighted by atomic mass is 9.86. The van der Waals surface area contributed by atoms with Crippen LogP contribution in [0.3, 0.4) is 0 Å². The summed E-state index contributed by atoms with van der Waals surface area (Å²) in [6.45, 7) is 7.75. The van der Waals surface area contributed by atoms with Crippen LogP contribution in [0.25, 0.3) is 20.5 Å². The van der Waals surface area contributed by atoms with Crippen molar-refractivity contribution in [1.29, 1.82) is 0 Å². The van der Waals surface area contributed by atoms with Crippen molar-refractivity contribution in [1.82, 2.24) is 14.9 Å². The molecule has 0 unspecified atom stereocenters. The first kappa shape index (κ1) is 17.0. The molecule has 1 aliphatic heterocycles. The zero-order valence-electron chi connectivity index (χ0n) is 15.0. The summed E-state index contributed by atoms with van der Waals surface area (Å²) in [4.78, 5) is 15.2. The molecule has 6 heteroatoms. The van der Waals surface area contributed by atoms with E-state index >= 15 is 0 Å². The van der Waals surface area contributed by atoms with E-state index in [0.29, 0.717) is 12.4 Å². The third-order valence-corrected chi connectivity index (χ3v) is 6.99. The summed E-state index contributed by atoms with van der Waals surface area (Å²) in [7, 11) is 1.72. The molecule has 1 atom stereocenters. The fourth-order valence-electron chi connectivity index (χ4n) is 3.37. The lowest BCUT2D eigenvalue weighted by Gasteiger charge is -2.33. The lowest BCUT2D eigenvalue weighted by Crippen LogP contribution is -2.59. The quantitative estimate of drug-likeness (QED) is 0.542. The van der Waals surface area contributed by atoms with E-state index in [2.05, 4.69) is 58.7 Å². The highest BCUT2D eigenvalue weighted by Crippen LogP contribution is 2.39. The normalized spacial score (nSPS) is 20.3. The van der Waals surface area contributed by atoms with E-state index in [4.69, 9.17) is 0 Å². The topological polar surface area (TPSA) is 46.4 Å². The molecule has 2 aromatic heterocycles. The Bertz CT molecular complexity index is 1070. The Balaban J connectivity index is 1.82. The molecular weight excluding hydrogens is 362 g/mol. The summed E-state index contributed by atoms with van der Waals surface area (Å²) in [6.07, 6.45) is 0.381. The van der Waals surface area contributed by atoms with E-state index in [-0.39, 0.29) is 5.91 Å². The minimum atomic E-state index is -0.501. The monoisotopic (exact) mass is 382 g/mol. The van der Waals surface area contributed by atoms with E-state index in [9.17, 15) is 4.79 Å². The van der Waals surface area contributed by atoms with Crippen LogP contribution in [0.5, 0.6) is 0 Å². The third-order valence-electron chi connectivity index (χ3n) is 4.94. The molecule has 1 amide bonds. The van der Waals surface area contributed by atoms with Gasteiger partial charge in [-0.3, -0.25) is 14.8 Å². The zero-order valence-corrected chi connectivity index (χ0v) is 16.6. The summed E-state index contributed by atoms with van der Waals surface area (Å²) in [6, 6.07) is 8.69. The fourth-order valence-corrected chi connectivity index (χ4v) is 5.32. The molecule has 4 nitrogen and oxygen atoms in total. The largest absolute Gasteiger partial charge is 0.448 e. The van der Waals surface area contributed by atoms with Gasteiger partial charge in [-0.05, 0) is 48.6 Å². The van der Waals surface area contributed by atoms with Crippen molar-refractivity contribution >= 4 is 51.3 Å². The summed E-state index contributed by atoms with van der Waals surface area (Å²) in [5.41, 5.74) is 3.13. The van der Waals surface area contributed by atoms with Crippen molar-refractivity contribution in [3.05, 3.63) is 46.2 Å².